The van der Waals surface area contributed by atoms with Crippen LogP contribution in [0.2, 0.25) is 0 Å². The molecule has 0 amide bonds. The molecule has 0 saturated heterocycles. The Morgan fingerprint density at radius 2 is 1.53 bits per heavy atom. The first kappa shape index (κ1) is 20.4. The molecule has 0 aliphatic heterocycles. The molecule has 0 N–H and O–H groups in total. The first-order valence-corrected chi connectivity index (χ1v) is 11.7. The van der Waals surface area contributed by atoms with Crippen molar-refractivity contribution in [3.63, 3.8) is 0 Å². The SMILES string of the molecule is CCn1c2ccc(C(=O)Cc3ccccc3C)cc2c2cc(C(=O)c3cccs3)ccc21. The summed E-state index contributed by atoms with van der Waals surface area (Å²) in [5.41, 5.74) is 5.71. The van der Waals surface area contributed by atoms with Gasteiger partial charge in [0.15, 0.2) is 5.78 Å². The highest BCUT2D eigenvalue weighted by Crippen LogP contribution is 2.32. The summed E-state index contributed by atoms with van der Waals surface area (Å²) in [6.45, 7) is 4.96. The lowest BCUT2D eigenvalue weighted by atomic mass is 9.98. The van der Waals surface area contributed by atoms with Gasteiger partial charge in [-0.2, -0.15) is 0 Å². The number of rotatable bonds is 6. The fourth-order valence-corrected chi connectivity index (χ4v) is 5.08. The molecule has 5 aromatic rings. The van der Waals surface area contributed by atoms with E-state index in [1.807, 2.05) is 85.1 Å². The molecule has 0 bridgehead atoms. The number of carbonyl (C=O) groups excluding carboxylic acids is 2. The van der Waals surface area contributed by atoms with Crippen LogP contribution in [0.15, 0.2) is 78.2 Å². The van der Waals surface area contributed by atoms with Crippen LogP contribution in [0.1, 0.15) is 43.6 Å². The molecule has 0 atom stereocenters. The van der Waals surface area contributed by atoms with Gasteiger partial charge in [-0.25, -0.2) is 0 Å². The highest BCUT2D eigenvalue weighted by molar-refractivity contribution is 7.12. The molecule has 0 radical (unpaired) electrons. The van der Waals surface area contributed by atoms with Gasteiger partial charge >= 0.3 is 0 Å². The minimum Gasteiger partial charge on any atom is -0.341 e. The molecule has 2 heterocycles. The molecule has 0 spiro atoms. The molecule has 158 valence electrons. The standard InChI is InChI=1S/C28H23NO2S/c1-3-29-24-12-10-20(26(30)17-19-8-5-4-7-18(19)2)15-22(24)23-16-21(11-13-25(23)29)28(31)27-9-6-14-32-27/h4-16H,3,17H2,1-2H3. The lowest BCUT2D eigenvalue weighted by Gasteiger charge is -2.06. The van der Waals surface area contributed by atoms with Crippen molar-refractivity contribution in [3.05, 3.63) is 105 Å². The molecule has 0 saturated carbocycles. The van der Waals surface area contributed by atoms with Crippen LogP contribution in [-0.4, -0.2) is 16.1 Å². The average Bonchev–Trinajstić information content (AvgIpc) is 3.45. The van der Waals surface area contributed by atoms with E-state index in [2.05, 4.69) is 11.5 Å². The third-order valence-electron chi connectivity index (χ3n) is 6.12. The van der Waals surface area contributed by atoms with Crippen LogP contribution in [0.25, 0.3) is 21.8 Å². The number of fused-ring (bicyclic) bond motifs is 3. The van der Waals surface area contributed by atoms with Crippen molar-refractivity contribution in [3.8, 4) is 0 Å². The van der Waals surface area contributed by atoms with Crippen LogP contribution < -0.4 is 0 Å². The van der Waals surface area contributed by atoms with Gasteiger partial charge in [-0.15, -0.1) is 11.3 Å². The summed E-state index contributed by atoms with van der Waals surface area (Å²) in [6.07, 6.45) is 0.382. The van der Waals surface area contributed by atoms with E-state index in [1.54, 1.807) is 0 Å². The minimum absolute atomic E-state index is 0.0334. The third kappa shape index (κ3) is 3.47. The van der Waals surface area contributed by atoms with Gasteiger partial charge in [-0.05, 0) is 72.8 Å². The Bertz CT molecular complexity index is 1470. The number of ketones is 2. The lowest BCUT2D eigenvalue weighted by molar-refractivity contribution is 0.0991. The number of hydrogen-bond acceptors (Lipinski definition) is 3. The fourth-order valence-electron chi connectivity index (χ4n) is 4.39. The summed E-state index contributed by atoms with van der Waals surface area (Å²) in [7, 11) is 0. The first-order chi connectivity index (χ1) is 15.6. The second kappa shape index (κ2) is 8.21. The van der Waals surface area contributed by atoms with Crippen LogP contribution >= 0.6 is 11.3 Å². The van der Waals surface area contributed by atoms with Crippen LogP contribution in [0.4, 0.5) is 0 Å². The van der Waals surface area contributed by atoms with Gasteiger partial charge in [0.05, 0.1) is 4.88 Å². The molecule has 0 aliphatic rings. The van der Waals surface area contributed by atoms with E-state index in [1.165, 1.54) is 11.3 Å². The third-order valence-corrected chi connectivity index (χ3v) is 6.99. The zero-order valence-corrected chi connectivity index (χ0v) is 18.9. The van der Waals surface area contributed by atoms with Gasteiger partial charge in [0, 0.05) is 45.9 Å². The van der Waals surface area contributed by atoms with Gasteiger partial charge < -0.3 is 4.57 Å². The van der Waals surface area contributed by atoms with E-state index >= 15 is 0 Å². The van der Waals surface area contributed by atoms with E-state index in [4.69, 9.17) is 0 Å². The van der Waals surface area contributed by atoms with Crippen molar-refractivity contribution < 1.29 is 9.59 Å². The summed E-state index contributed by atoms with van der Waals surface area (Å²) < 4.78 is 2.24. The lowest BCUT2D eigenvalue weighted by Crippen LogP contribution is -2.04. The number of nitrogens with zero attached hydrogens (tertiary/aromatic N) is 1. The molecule has 5 rings (SSSR count). The van der Waals surface area contributed by atoms with Gasteiger partial charge in [-0.3, -0.25) is 9.59 Å². The number of hydrogen-bond donors (Lipinski definition) is 0. The Kier molecular flexibility index (Phi) is 5.24. The van der Waals surface area contributed by atoms with Crippen molar-refractivity contribution >= 4 is 44.7 Å². The number of aromatic nitrogens is 1. The number of benzene rings is 3. The van der Waals surface area contributed by atoms with Crippen molar-refractivity contribution in [2.45, 2.75) is 26.8 Å². The zero-order chi connectivity index (χ0) is 22.2. The molecule has 0 unspecified atom stereocenters. The highest BCUT2D eigenvalue weighted by atomic mass is 32.1. The summed E-state index contributed by atoms with van der Waals surface area (Å²) in [4.78, 5) is 26.8. The molecular weight excluding hydrogens is 414 g/mol. The normalized spacial score (nSPS) is 11.3. The van der Waals surface area contributed by atoms with Gasteiger partial charge in [0.25, 0.3) is 0 Å². The quantitative estimate of drug-likeness (QED) is 0.273. The van der Waals surface area contributed by atoms with Crippen LogP contribution in [0, 0.1) is 6.92 Å². The highest BCUT2D eigenvalue weighted by Gasteiger charge is 2.17. The van der Waals surface area contributed by atoms with E-state index in [9.17, 15) is 9.59 Å². The van der Waals surface area contributed by atoms with Crippen molar-refractivity contribution in [1.29, 1.82) is 0 Å². The van der Waals surface area contributed by atoms with Gasteiger partial charge in [0.2, 0.25) is 5.78 Å². The topological polar surface area (TPSA) is 39.1 Å². The predicted molar refractivity (Wildman–Crippen MR) is 132 cm³/mol. The summed E-state index contributed by atoms with van der Waals surface area (Å²) in [6, 6.07) is 23.6. The maximum Gasteiger partial charge on any atom is 0.202 e. The Hall–Kier alpha value is -3.50. The predicted octanol–water partition coefficient (Wildman–Crippen LogP) is 6.84. The Labute approximate surface area is 190 Å². The van der Waals surface area contributed by atoms with E-state index < -0.39 is 0 Å². The zero-order valence-electron chi connectivity index (χ0n) is 18.1. The minimum atomic E-state index is 0.0334. The number of aryl methyl sites for hydroxylation is 2. The van der Waals surface area contributed by atoms with Crippen molar-refractivity contribution in [2.24, 2.45) is 0 Å². The molecule has 4 heteroatoms. The van der Waals surface area contributed by atoms with Crippen LogP contribution in [0.3, 0.4) is 0 Å². The average molecular weight is 438 g/mol. The summed E-state index contributed by atoms with van der Waals surface area (Å²) in [5.74, 6) is 0.135. The number of thiophene rings is 1. The summed E-state index contributed by atoms with van der Waals surface area (Å²) in [5, 5.41) is 3.94. The maximum absolute atomic E-state index is 13.1. The second-order valence-corrected chi connectivity index (χ2v) is 8.99. The Morgan fingerprint density at radius 3 is 2.19 bits per heavy atom. The Balaban J connectivity index is 1.61. The first-order valence-electron chi connectivity index (χ1n) is 10.8. The number of Topliss-reactive ketones (excluding diaryl/α,β-unsaturated/α-hetero) is 1. The maximum atomic E-state index is 13.1. The molecule has 3 nitrogen and oxygen atoms in total. The second-order valence-electron chi connectivity index (χ2n) is 8.04. The molecular formula is C28H23NO2S. The monoisotopic (exact) mass is 437 g/mol. The smallest absolute Gasteiger partial charge is 0.202 e. The molecule has 0 fully saturated rings. The van der Waals surface area contributed by atoms with E-state index in [0.29, 0.717) is 17.5 Å². The molecule has 0 aliphatic carbocycles. The molecule has 32 heavy (non-hydrogen) atoms. The molecule has 2 aromatic heterocycles. The van der Waals surface area contributed by atoms with E-state index in [0.717, 1.165) is 44.4 Å². The fraction of sp³-hybridized carbons (Fsp3) is 0.143. The largest absolute Gasteiger partial charge is 0.341 e. The van der Waals surface area contributed by atoms with Crippen LogP contribution in [0.5, 0.6) is 0 Å². The Morgan fingerprint density at radius 1 is 0.844 bits per heavy atom. The molecule has 3 aromatic carbocycles. The van der Waals surface area contributed by atoms with Crippen LogP contribution in [-0.2, 0) is 13.0 Å². The van der Waals surface area contributed by atoms with Gasteiger partial charge in [0.1, 0.15) is 0 Å². The van der Waals surface area contributed by atoms with Crippen molar-refractivity contribution in [2.75, 3.05) is 0 Å². The van der Waals surface area contributed by atoms with Crippen molar-refractivity contribution in [1.82, 2.24) is 4.57 Å². The summed E-state index contributed by atoms with van der Waals surface area (Å²) >= 11 is 1.45. The number of carbonyl (C=O) groups is 2. The van der Waals surface area contributed by atoms with Gasteiger partial charge in [-0.1, -0.05) is 30.3 Å². The van der Waals surface area contributed by atoms with E-state index in [-0.39, 0.29) is 11.6 Å².